The number of halogens is 2. The number of carbonyl (C=O) groups is 2. The fourth-order valence-corrected chi connectivity index (χ4v) is 3.38. The molecule has 1 heterocycles. The number of hydrogen-bond donors (Lipinski definition) is 0. The van der Waals surface area contributed by atoms with Crippen LogP contribution in [-0.4, -0.2) is 21.0 Å². The third-order valence-corrected chi connectivity index (χ3v) is 4.60. The summed E-state index contributed by atoms with van der Waals surface area (Å²) in [5.74, 6) is -2.77. The van der Waals surface area contributed by atoms with Crippen LogP contribution in [-0.2, 0) is 4.79 Å². The Hall–Kier alpha value is -2.38. The van der Waals surface area contributed by atoms with Crippen molar-refractivity contribution in [3.63, 3.8) is 0 Å². The molecule has 0 spiro atoms. The van der Waals surface area contributed by atoms with Gasteiger partial charge in [-0.25, -0.2) is 13.7 Å². The average molecular weight is 361 g/mol. The van der Waals surface area contributed by atoms with Crippen LogP contribution in [0.4, 0.5) is 8.78 Å². The van der Waals surface area contributed by atoms with E-state index in [1.807, 2.05) is 0 Å². The van der Waals surface area contributed by atoms with Crippen LogP contribution < -0.4 is 0 Å². The third kappa shape index (κ3) is 3.00. The SMILES string of the molecule is O=C1C(=Cc2ccccc2F)SC(=S)N1C(=O)c1ccccc1F. The molecule has 0 radical (unpaired) electrons. The monoisotopic (exact) mass is 361 g/mol. The molecular formula is C17H9F2NO2S2. The first kappa shape index (κ1) is 16.5. The second-order valence-electron chi connectivity index (χ2n) is 4.82. The number of carbonyl (C=O) groups excluding carboxylic acids is 2. The van der Waals surface area contributed by atoms with Crippen LogP contribution in [0.3, 0.4) is 0 Å². The predicted octanol–water partition coefficient (Wildman–Crippen LogP) is 4.01. The molecule has 1 aliphatic rings. The molecule has 24 heavy (non-hydrogen) atoms. The van der Waals surface area contributed by atoms with Gasteiger partial charge in [0.2, 0.25) is 0 Å². The number of thioether (sulfide) groups is 1. The lowest BCUT2D eigenvalue weighted by Gasteiger charge is -2.12. The van der Waals surface area contributed by atoms with Crippen LogP contribution >= 0.6 is 24.0 Å². The van der Waals surface area contributed by atoms with Crippen LogP contribution in [0.5, 0.6) is 0 Å². The topological polar surface area (TPSA) is 37.4 Å². The largest absolute Gasteiger partial charge is 0.273 e. The fourth-order valence-electron chi connectivity index (χ4n) is 2.13. The van der Waals surface area contributed by atoms with Gasteiger partial charge in [0.05, 0.1) is 10.5 Å². The van der Waals surface area contributed by atoms with Gasteiger partial charge in [-0.1, -0.05) is 54.3 Å². The third-order valence-electron chi connectivity index (χ3n) is 3.29. The van der Waals surface area contributed by atoms with Gasteiger partial charge in [-0.2, -0.15) is 0 Å². The molecule has 1 saturated heterocycles. The van der Waals surface area contributed by atoms with Crippen LogP contribution in [0, 0.1) is 11.6 Å². The Morgan fingerprint density at radius 1 is 1.04 bits per heavy atom. The zero-order chi connectivity index (χ0) is 17.3. The zero-order valence-corrected chi connectivity index (χ0v) is 13.7. The van der Waals surface area contributed by atoms with E-state index in [9.17, 15) is 18.4 Å². The van der Waals surface area contributed by atoms with Gasteiger partial charge in [0, 0.05) is 5.56 Å². The lowest BCUT2D eigenvalue weighted by molar-refractivity contribution is -0.120. The molecule has 0 N–H and O–H groups in total. The quantitative estimate of drug-likeness (QED) is 0.460. The first-order chi connectivity index (χ1) is 11.5. The number of imide groups is 1. The van der Waals surface area contributed by atoms with Crippen molar-refractivity contribution in [2.75, 3.05) is 0 Å². The Morgan fingerprint density at radius 2 is 1.67 bits per heavy atom. The molecule has 120 valence electrons. The molecule has 0 bridgehead atoms. The number of rotatable bonds is 2. The molecule has 1 aliphatic heterocycles. The highest BCUT2D eigenvalue weighted by molar-refractivity contribution is 8.26. The summed E-state index contributed by atoms with van der Waals surface area (Å²) >= 11 is 5.93. The maximum absolute atomic E-state index is 13.8. The molecule has 0 unspecified atom stereocenters. The summed E-state index contributed by atoms with van der Waals surface area (Å²) in [5, 5.41) is 0. The van der Waals surface area contributed by atoms with Gasteiger partial charge in [-0.05, 0) is 24.3 Å². The van der Waals surface area contributed by atoms with Gasteiger partial charge in [-0.3, -0.25) is 9.59 Å². The average Bonchev–Trinajstić information content (AvgIpc) is 2.83. The minimum absolute atomic E-state index is 0.0177. The maximum atomic E-state index is 13.8. The summed E-state index contributed by atoms with van der Waals surface area (Å²) in [6, 6.07) is 11.2. The van der Waals surface area contributed by atoms with Crippen molar-refractivity contribution in [1.82, 2.24) is 4.90 Å². The van der Waals surface area contributed by atoms with E-state index < -0.39 is 23.4 Å². The predicted molar refractivity (Wildman–Crippen MR) is 92.1 cm³/mol. The van der Waals surface area contributed by atoms with E-state index in [2.05, 4.69) is 0 Å². The van der Waals surface area contributed by atoms with Crippen molar-refractivity contribution in [3.05, 3.63) is 76.2 Å². The summed E-state index contributed by atoms with van der Waals surface area (Å²) < 4.78 is 27.5. The molecule has 7 heteroatoms. The van der Waals surface area contributed by atoms with E-state index >= 15 is 0 Å². The molecule has 0 atom stereocenters. The first-order valence-corrected chi connectivity index (χ1v) is 8.03. The zero-order valence-electron chi connectivity index (χ0n) is 12.0. The van der Waals surface area contributed by atoms with Crippen LogP contribution in [0.2, 0.25) is 0 Å². The van der Waals surface area contributed by atoms with Crippen LogP contribution in [0.25, 0.3) is 6.08 Å². The fraction of sp³-hybridized carbons (Fsp3) is 0. The molecule has 1 fully saturated rings. The molecule has 0 aromatic heterocycles. The highest BCUT2D eigenvalue weighted by atomic mass is 32.2. The number of nitrogens with zero attached hydrogens (tertiary/aromatic N) is 1. The molecule has 3 nitrogen and oxygen atoms in total. The summed E-state index contributed by atoms with van der Waals surface area (Å²) in [6.07, 6.45) is 1.32. The molecule has 3 rings (SSSR count). The van der Waals surface area contributed by atoms with Gasteiger partial charge in [-0.15, -0.1) is 0 Å². The number of benzene rings is 2. The lowest BCUT2D eigenvalue weighted by atomic mass is 10.1. The highest BCUT2D eigenvalue weighted by Gasteiger charge is 2.38. The summed E-state index contributed by atoms with van der Waals surface area (Å²) in [7, 11) is 0. The van der Waals surface area contributed by atoms with Crippen molar-refractivity contribution in [1.29, 1.82) is 0 Å². The number of amides is 2. The molecular weight excluding hydrogens is 352 g/mol. The van der Waals surface area contributed by atoms with Gasteiger partial charge in [0.25, 0.3) is 11.8 Å². The summed E-state index contributed by atoms with van der Waals surface area (Å²) in [5.41, 5.74) is -0.0442. The van der Waals surface area contributed by atoms with Gasteiger partial charge >= 0.3 is 0 Å². The second-order valence-corrected chi connectivity index (χ2v) is 6.50. The Morgan fingerprint density at radius 3 is 2.33 bits per heavy atom. The first-order valence-electron chi connectivity index (χ1n) is 6.80. The standard InChI is InChI=1S/C17H9F2NO2S2/c18-12-7-3-1-5-10(12)9-14-16(22)20(17(23)24-14)15(21)11-6-2-4-8-13(11)19/h1-9H. The number of hydrogen-bond acceptors (Lipinski definition) is 4. The van der Waals surface area contributed by atoms with E-state index in [1.54, 1.807) is 6.07 Å². The normalized spacial score (nSPS) is 16.1. The van der Waals surface area contributed by atoms with E-state index in [1.165, 1.54) is 42.5 Å². The van der Waals surface area contributed by atoms with E-state index in [0.29, 0.717) is 0 Å². The van der Waals surface area contributed by atoms with E-state index in [-0.39, 0.29) is 20.4 Å². The van der Waals surface area contributed by atoms with Gasteiger partial charge in [0.1, 0.15) is 11.6 Å². The summed E-state index contributed by atoms with van der Waals surface area (Å²) in [6.45, 7) is 0. The van der Waals surface area contributed by atoms with Crippen LogP contribution in [0.15, 0.2) is 53.4 Å². The van der Waals surface area contributed by atoms with Crippen molar-refractivity contribution in [2.45, 2.75) is 0 Å². The Balaban J connectivity index is 1.94. The van der Waals surface area contributed by atoms with E-state index in [0.717, 1.165) is 22.7 Å². The minimum atomic E-state index is -0.840. The molecule has 2 aromatic rings. The van der Waals surface area contributed by atoms with Gasteiger partial charge < -0.3 is 0 Å². The second kappa shape index (κ2) is 6.62. The minimum Gasteiger partial charge on any atom is -0.268 e. The van der Waals surface area contributed by atoms with Crippen LogP contribution in [0.1, 0.15) is 15.9 Å². The van der Waals surface area contributed by atoms with Crippen molar-refractivity contribution >= 4 is 46.2 Å². The lowest BCUT2D eigenvalue weighted by Crippen LogP contribution is -2.35. The Bertz CT molecular complexity index is 896. The maximum Gasteiger partial charge on any atom is 0.273 e. The van der Waals surface area contributed by atoms with Crippen molar-refractivity contribution in [2.24, 2.45) is 0 Å². The van der Waals surface area contributed by atoms with E-state index in [4.69, 9.17) is 12.2 Å². The number of thiocarbonyl (C=S) groups is 1. The molecule has 0 saturated carbocycles. The molecule has 2 amide bonds. The molecule has 0 aliphatic carbocycles. The van der Waals surface area contributed by atoms with Gasteiger partial charge in [0.15, 0.2) is 4.32 Å². The highest BCUT2D eigenvalue weighted by Crippen LogP contribution is 2.34. The molecule has 2 aromatic carbocycles. The van der Waals surface area contributed by atoms with Crippen molar-refractivity contribution in [3.8, 4) is 0 Å². The van der Waals surface area contributed by atoms with Crippen molar-refractivity contribution < 1.29 is 18.4 Å². The Labute approximate surface area is 146 Å². The summed E-state index contributed by atoms with van der Waals surface area (Å²) in [4.78, 5) is 25.7. The Kier molecular flexibility index (Phi) is 4.55. The smallest absolute Gasteiger partial charge is 0.268 e.